The number of hydrogen-bond donors (Lipinski definition) is 1. The van der Waals surface area contributed by atoms with Crippen LogP contribution in [0.25, 0.3) is 22.0 Å². The molecule has 29 heavy (non-hydrogen) atoms. The lowest BCUT2D eigenvalue weighted by molar-refractivity contribution is 0.0954. The molecular formula is C23H23N5O. The molecule has 6 heteroatoms. The minimum atomic E-state index is -0.0886. The molecule has 1 amide bonds. The Bertz CT molecular complexity index is 1150. The maximum atomic E-state index is 12.5. The summed E-state index contributed by atoms with van der Waals surface area (Å²) in [7, 11) is 0. The van der Waals surface area contributed by atoms with Gasteiger partial charge < -0.3 is 9.88 Å². The quantitative estimate of drug-likeness (QED) is 0.548. The highest BCUT2D eigenvalue weighted by atomic mass is 16.1. The molecule has 1 N–H and O–H groups in total. The lowest BCUT2D eigenvalue weighted by Gasteiger charge is -2.09. The van der Waals surface area contributed by atoms with Crippen molar-refractivity contribution in [2.75, 3.05) is 6.54 Å². The summed E-state index contributed by atoms with van der Waals surface area (Å²) in [5.41, 5.74) is 4.79. The van der Waals surface area contributed by atoms with E-state index in [0.29, 0.717) is 18.5 Å². The first-order valence-corrected chi connectivity index (χ1v) is 9.77. The molecule has 0 atom stereocenters. The third-order valence-electron chi connectivity index (χ3n) is 5.00. The summed E-state index contributed by atoms with van der Waals surface area (Å²) in [5, 5.41) is 12.1. The zero-order valence-electron chi connectivity index (χ0n) is 16.6. The van der Waals surface area contributed by atoms with Gasteiger partial charge in [-0.2, -0.15) is 0 Å². The molecule has 0 bridgehead atoms. The van der Waals surface area contributed by atoms with Crippen molar-refractivity contribution in [3.05, 3.63) is 78.0 Å². The number of nitrogens with one attached hydrogen (secondary N) is 1. The SMILES string of the molecule is CCn1cnnc1CCNC(=O)c1ccc(-c2cccc3nc(C)ccc23)cc1. The molecule has 0 fully saturated rings. The summed E-state index contributed by atoms with van der Waals surface area (Å²) in [5.74, 6) is 0.789. The molecule has 0 aliphatic rings. The van der Waals surface area contributed by atoms with Crippen LogP contribution in [-0.4, -0.2) is 32.2 Å². The van der Waals surface area contributed by atoms with Crippen molar-refractivity contribution in [1.29, 1.82) is 0 Å². The van der Waals surface area contributed by atoms with Crippen molar-refractivity contribution in [3.8, 4) is 11.1 Å². The Morgan fingerprint density at radius 2 is 1.90 bits per heavy atom. The van der Waals surface area contributed by atoms with Gasteiger partial charge in [0.25, 0.3) is 5.91 Å². The largest absolute Gasteiger partial charge is 0.352 e. The van der Waals surface area contributed by atoms with Gasteiger partial charge in [-0.25, -0.2) is 0 Å². The average molecular weight is 385 g/mol. The van der Waals surface area contributed by atoms with Crippen LogP contribution in [0.1, 0.15) is 28.8 Å². The normalized spacial score (nSPS) is 11.0. The van der Waals surface area contributed by atoms with Gasteiger partial charge in [0.05, 0.1) is 5.52 Å². The van der Waals surface area contributed by atoms with E-state index in [-0.39, 0.29) is 5.91 Å². The standard InChI is InChI=1S/C23H23N5O/c1-3-28-15-25-27-22(28)13-14-24-23(29)18-10-8-17(9-11-18)19-5-4-6-21-20(19)12-7-16(2)26-21/h4-12,15H,3,13-14H2,1-2H3,(H,24,29). The summed E-state index contributed by atoms with van der Waals surface area (Å²) < 4.78 is 1.97. The Morgan fingerprint density at radius 1 is 1.07 bits per heavy atom. The molecule has 2 aromatic carbocycles. The van der Waals surface area contributed by atoms with Crippen molar-refractivity contribution in [2.24, 2.45) is 0 Å². The number of fused-ring (bicyclic) bond motifs is 1. The van der Waals surface area contributed by atoms with Crippen LogP contribution in [0.3, 0.4) is 0 Å². The number of aromatic nitrogens is 4. The second-order valence-electron chi connectivity index (χ2n) is 6.94. The van der Waals surface area contributed by atoms with Gasteiger partial charge >= 0.3 is 0 Å². The van der Waals surface area contributed by atoms with Crippen LogP contribution in [0.5, 0.6) is 0 Å². The van der Waals surface area contributed by atoms with Crippen LogP contribution >= 0.6 is 0 Å². The van der Waals surface area contributed by atoms with Gasteiger partial charge in [0.1, 0.15) is 12.2 Å². The van der Waals surface area contributed by atoms with Crippen molar-refractivity contribution < 1.29 is 4.79 Å². The Kier molecular flexibility index (Phi) is 5.33. The van der Waals surface area contributed by atoms with Crippen molar-refractivity contribution in [1.82, 2.24) is 25.1 Å². The van der Waals surface area contributed by atoms with E-state index in [2.05, 4.69) is 32.6 Å². The van der Waals surface area contributed by atoms with Gasteiger partial charge in [-0.1, -0.05) is 30.3 Å². The third kappa shape index (κ3) is 4.01. The number of rotatable bonds is 6. The van der Waals surface area contributed by atoms with Gasteiger partial charge in [0, 0.05) is 36.2 Å². The molecular weight excluding hydrogens is 362 g/mol. The molecule has 146 valence electrons. The molecule has 0 saturated carbocycles. The number of carbonyl (C=O) groups excluding carboxylic acids is 1. The van der Waals surface area contributed by atoms with Gasteiger partial charge in [-0.3, -0.25) is 9.78 Å². The van der Waals surface area contributed by atoms with Crippen LogP contribution in [0.4, 0.5) is 0 Å². The van der Waals surface area contributed by atoms with E-state index in [4.69, 9.17) is 0 Å². The first kappa shape index (κ1) is 18.8. The van der Waals surface area contributed by atoms with Gasteiger partial charge in [-0.05, 0) is 49.2 Å². The lowest BCUT2D eigenvalue weighted by Crippen LogP contribution is -2.26. The fourth-order valence-electron chi connectivity index (χ4n) is 3.44. The van der Waals surface area contributed by atoms with E-state index >= 15 is 0 Å². The summed E-state index contributed by atoms with van der Waals surface area (Å²) in [6, 6.07) is 17.9. The molecule has 0 saturated heterocycles. The predicted molar refractivity (Wildman–Crippen MR) is 114 cm³/mol. The van der Waals surface area contributed by atoms with E-state index in [9.17, 15) is 4.79 Å². The number of benzene rings is 2. The highest BCUT2D eigenvalue weighted by Gasteiger charge is 2.09. The Balaban J connectivity index is 1.46. The number of aryl methyl sites for hydroxylation is 2. The molecule has 4 aromatic rings. The smallest absolute Gasteiger partial charge is 0.251 e. The highest BCUT2D eigenvalue weighted by molar-refractivity contribution is 5.97. The van der Waals surface area contributed by atoms with E-state index in [1.54, 1.807) is 6.33 Å². The number of amides is 1. The van der Waals surface area contributed by atoms with E-state index in [0.717, 1.165) is 40.1 Å². The zero-order valence-corrected chi connectivity index (χ0v) is 16.6. The summed E-state index contributed by atoms with van der Waals surface area (Å²) in [6.07, 6.45) is 2.36. The van der Waals surface area contributed by atoms with E-state index < -0.39 is 0 Å². The molecule has 0 spiro atoms. The molecule has 4 rings (SSSR count). The van der Waals surface area contributed by atoms with Crippen LogP contribution in [-0.2, 0) is 13.0 Å². The van der Waals surface area contributed by atoms with Gasteiger partial charge in [0.2, 0.25) is 0 Å². The van der Waals surface area contributed by atoms with Crippen molar-refractivity contribution in [2.45, 2.75) is 26.8 Å². The maximum absolute atomic E-state index is 12.5. The predicted octanol–water partition coefficient (Wildman–Crippen LogP) is 3.79. The minimum Gasteiger partial charge on any atom is -0.352 e. The maximum Gasteiger partial charge on any atom is 0.251 e. The van der Waals surface area contributed by atoms with Crippen LogP contribution < -0.4 is 5.32 Å². The average Bonchev–Trinajstić information content (AvgIpc) is 3.20. The molecule has 0 unspecified atom stereocenters. The molecule has 0 radical (unpaired) electrons. The summed E-state index contributed by atoms with van der Waals surface area (Å²) in [6.45, 7) is 5.38. The van der Waals surface area contributed by atoms with Gasteiger partial charge in [0.15, 0.2) is 0 Å². The number of carbonyl (C=O) groups is 1. The number of hydrogen-bond acceptors (Lipinski definition) is 4. The Morgan fingerprint density at radius 3 is 2.69 bits per heavy atom. The monoisotopic (exact) mass is 385 g/mol. The Labute approximate surface area is 169 Å². The molecule has 0 aliphatic heterocycles. The first-order chi connectivity index (χ1) is 14.2. The molecule has 6 nitrogen and oxygen atoms in total. The molecule has 2 heterocycles. The second kappa shape index (κ2) is 8.22. The Hall–Kier alpha value is -3.54. The van der Waals surface area contributed by atoms with Crippen LogP contribution in [0.2, 0.25) is 0 Å². The fourth-order valence-corrected chi connectivity index (χ4v) is 3.44. The first-order valence-electron chi connectivity index (χ1n) is 9.77. The van der Waals surface area contributed by atoms with Crippen molar-refractivity contribution >= 4 is 16.8 Å². The van der Waals surface area contributed by atoms with E-state index in [1.165, 1.54) is 0 Å². The topological polar surface area (TPSA) is 72.7 Å². The van der Waals surface area contributed by atoms with E-state index in [1.807, 2.05) is 60.9 Å². The van der Waals surface area contributed by atoms with Crippen LogP contribution in [0.15, 0.2) is 60.9 Å². The number of pyridine rings is 1. The fraction of sp³-hybridized carbons (Fsp3) is 0.217. The lowest BCUT2D eigenvalue weighted by atomic mass is 9.99. The summed E-state index contributed by atoms with van der Waals surface area (Å²) >= 11 is 0. The second-order valence-corrected chi connectivity index (χ2v) is 6.94. The molecule has 2 aromatic heterocycles. The minimum absolute atomic E-state index is 0.0886. The van der Waals surface area contributed by atoms with Gasteiger partial charge in [-0.15, -0.1) is 10.2 Å². The van der Waals surface area contributed by atoms with Crippen molar-refractivity contribution in [3.63, 3.8) is 0 Å². The molecule has 0 aliphatic carbocycles. The number of nitrogens with zero attached hydrogens (tertiary/aromatic N) is 4. The highest BCUT2D eigenvalue weighted by Crippen LogP contribution is 2.28. The van der Waals surface area contributed by atoms with Crippen LogP contribution in [0, 0.1) is 6.92 Å². The zero-order chi connectivity index (χ0) is 20.2. The third-order valence-corrected chi connectivity index (χ3v) is 5.00. The summed E-state index contributed by atoms with van der Waals surface area (Å²) in [4.78, 5) is 17.1.